The molecule has 6 heteroatoms. The standard InChI is InChI=1S/C10H10F2INO2/c1-5-9(13)8(10(11)12)6(4-14-5)3-7(15)16-2/h4,10H,3H2,1-2H3. The van der Waals surface area contributed by atoms with Gasteiger partial charge < -0.3 is 4.74 Å². The fraction of sp³-hybridized carbons (Fsp3) is 0.400. The number of methoxy groups -OCH3 is 1. The Bertz CT molecular complexity index is 410. The molecule has 0 amide bonds. The van der Waals surface area contributed by atoms with Crippen LogP contribution in [0.1, 0.15) is 23.2 Å². The first kappa shape index (κ1) is 13.3. The van der Waals surface area contributed by atoms with Crippen molar-refractivity contribution < 1.29 is 18.3 Å². The molecule has 0 saturated heterocycles. The van der Waals surface area contributed by atoms with Crippen molar-refractivity contribution >= 4 is 28.6 Å². The fourth-order valence-electron chi connectivity index (χ4n) is 1.24. The molecule has 0 spiro atoms. The van der Waals surface area contributed by atoms with E-state index in [1.807, 2.05) is 22.6 Å². The number of hydrogen-bond acceptors (Lipinski definition) is 3. The first-order valence-electron chi connectivity index (χ1n) is 4.46. The van der Waals surface area contributed by atoms with Gasteiger partial charge in [-0.25, -0.2) is 8.78 Å². The van der Waals surface area contributed by atoms with Crippen LogP contribution in [-0.2, 0) is 16.0 Å². The number of nitrogens with zero attached hydrogens (tertiary/aromatic N) is 1. The van der Waals surface area contributed by atoms with E-state index in [2.05, 4.69) is 9.72 Å². The van der Waals surface area contributed by atoms with Gasteiger partial charge in [0.1, 0.15) is 0 Å². The van der Waals surface area contributed by atoms with Gasteiger partial charge >= 0.3 is 5.97 Å². The van der Waals surface area contributed by atoms with Crippen LogP contribution < -0.4 is 0 Å². The molecule has 0 aliphatic heterocycles. The van der Waals surface area contributed by atoms with Crippen LogP contribution in [0.15, 0.2) is 6.20 Å². The lowest BCUT2D eigenvalue weighted by Crippen LogP contribution is -2.10. The Morgan fingerprint density at radius 2 is 2.25 bits per heavy atom. The molecule has 0 aromatic carbocycles. The van der Waals surface area contributed by atoms with Gasteiger partial charge in [0.25, 0.3) is 6.43 Å². The molecule has 0 fully saturated rings. The lowest BCUT2D eigenvalue weighted by molar-refractivity contribution is -0.139. The third kappa shape index (κ3) is 2.87. The quantitative estimate of drug-likeness (QED) is 0.627. The van der Waals surface area contributed by atoms with E-state index in [1.54, 1.807) is 6.92 Å². The summed E-state index contributed by atoms with van der Waals surface area (Å²) >= 11 is 1.81. The molecule has 0 N–H and O–H groups in total. The SMILES string of the molecule is COC(=O)Cc1cnc(C)c(I)c1C(F)F. The van der Waals surface area contributed by atoms with Crippen molar-refractivity contribution in [1.82, 2.24) is 4.98 Å². The number of aryl methyl sites for hydroxylation is 1. The first-order chi connectivity index (χ1) is 7.47. The van der Waals surface area contributed by atoms with Crippen molar-refractivity contribution in [2.24, 2.45) is 0 Å². The molecule has 1 aromatic heterocycles. The maximum atomic E-state index is 12.8. The van der Waals surface area contributed by atoms with E-state index in [4.69, 9.17) is 0 Å². The highest BCUT2D eigenvalue weighted by atomic mass is 127. The Labute approximate surface area is 105 Å². The molecular formula is C10H10F2INO2. The van der Waals surface area contributed by atoms with Crippen molar-refractivity contribution in [3.05, 3.63) is 26.6 Å². The van der Waals surface area contributed by atoms with Crippen molar-refractivity contribution in [3.8, 4) is 0 Å². The van der Waals surface area contributed by atoms with Crippen molar-refractivity contribution in [2.75, 3.05) is 7.11 Å². The van der Waals surface area contributed by atoms with Crippen molar-refractivity contribution in [2.45, 2.75) is 19.8 Å². The summed E-state index contributed by atoms with van der Waals surface area (Å²) in [5.41, 5.74) is 0.625. The summed E-state index contributed by atoms with van der Waals surface area (Å²) in [6, 6.07) is 0. The van der Waals surface area contributed by atoms with E-state index < -0.39 is 12.4 Å². The molecule has 0 radical (unpaired) electrons. The van der Waals surface area contributed by atoms with E-state index in [1.165, 1.54) is 13.3 Å². The minimum Gasteiger partial charge on any atom is -0.469 e. The van der Waals surface area contributed by atoms with Gasteiger partial charge in [-0.05, 0) is 35.1 Å². The van der Waals surface area contributed by atoms with Crippen LogP contribution in [0.5, 0.6) is 0 Å². The summed E-state index contributed by atoms with van der Waals surface area (Å²) in [6.07, 6.45) is -1.50. The summed E-state index contributed by atoms with van der Waals surface area (Å²) < 4.78 is 30.5. The highest BCUT2D eigenvalue weighted by molar-refractivity contribution is 14.1. The Kier molecular flexibility index (Phi) is 4.57. The summed E-state index contributed by atoms with van der Waals surface area (Å²) in [7, 11) is 1.22. The summed E-state index contributed by atoms with van der Waals surface area (Å²) in [6.45, 7) is 1.65. The second-order valence-electron chi connectivity index (χ2n) is 3.15. The summed E-state index contributed by atoms with van der Waals surface area (Å²) in [5, 5.41) is 0. The van der Waals surface area contributed by atoms with Crippen LogP contribution in [0.4, 0.5) is 8.78 Å². The molecule has 0 saturated carbocycles. The second kappa shape index (κ2) is 5.51. The predicted octanol–water partition coefficient (Wildman–Crippen LogP) is 2.65. The average Bonchev–Trinajstić information content (AvgIpc) is 2.23. The maximum absolute atomic E-state index is 12.8. The van der Waals surface area contributed by atoms with E-state index in [0.717, 1.165) is 0 Å². The largest absolute Gasteiger partial charge is 0.469 e. The Morgan fingerprint density at radius 1 is 1.62 bits per heavy atom. The van der Waals surface area contributed by atoms with Gasteiger partial charge in [0, 0.05) is 15.3 Å². The molecule has 0 aliphatic rings. The van der Waals surface area contributed by atoms with Gasteiger partial charge in [0.15, 0.2) is 0 Å². The number of ether oxygens (including phenoxy) is 1. The first-order valence-corrected chi connectivity index (χ1v) is 5.54. The van der Waals surface area contributed by atoms with Crippen molar-refractivity contribution in [3.63, 3.8) is 0 Å². The van der Waals surface area contributed by atoms with Crippen LogP contribution >= 0.6 is 22.6 Å². The molecule has 1 rings (SSSR count). The van der Waals surface area contributed by atoms with E-state index in [-0.39, 0.29) is 17.5 Å². The van der Waals surface area contributed by atoms with Crippen LogP contribution in [0.3, 0.4) is 0 Å². The molecule has 0 unspecified atom stereocenters. The molecular weight excluding hydrogens is 331 g/mol. The Hall–Kier alpha value is -0.790. The molecule has 0 bridgehead atoms. The normalized spacial score (nSPS) is 10.6. The third-order valence-electron chi connectivity index (χ3n) is 2.09. The highest BCUT2D eigenvalue weighted by Crippen LogP contribution is 2.29. The predicted molar refractivity (Wildman–Crippen MR) is 62.4 cm³/mol. The number of halogens is 3. The number of aromatic nitrogens is 1. The molecule has 3 nitrogen and oxygen atoms in total. The maximum Gasteiger partial charge on any atom is 0.310 e. The molecule has 1 aromatic rings. The van der Waals surface area contributed by atoms with Gasteiger partial charge in [-0.3, -0.25) is 9.78 Å². The second-order valence-corrected chi connectivity index (χ2v) is 4.23. The van der Waals surface area contributed by atoms with E-state index >= 15 is 0 Å². The number of hydrogen-bond donors (Lipinski definition) is 0. The Balaban J connectivity index is 3.18. The van der Waals surface area contributed by atoms with Gasteiger partial charge in [0.2, 0.25) is 0 Å². The number of carbonyl (C=O) groups is 1. The number of esters is 1. The average molecular weight is 341 g/mol. The van der Waals surface area contributed by atoms with Crippen LogP contribution in [0.2, 0.25) is 0 Å². The zero-order valence-corrected chi connectivity index (χ0v) is 10.9. The molecule has 1 heterocycles. The minimum absolute atomic E-state index is 0.126. The summed E-state index contributed by atoms with van der Waals surface area (Å²) in [5.74, 6) is -0.552. The summed E-state index contributed by atoms with van der Waals surface area (Å²) in [4.78, 5) is 15.0. The topological polar surface area (TPSA) is 39.2 Å². The van der Waals surface area contributed by atoms with Gasteiger partial charge in [-0.15, -0.1) is 0 Å². The van der Waals surface area contributed by atoms with Crippen LogP contribution in [0.25, 0.3) is 0 Å². The van der Waals surface area contributed by atoms with Crippen LogP contribution in [0, 0.1) is 10.5 Å². The zero-order chi connectivity index (χ0) is 12.3. The smallest absolute Gasteiger partial charge is 0.310 e. The lowest BCUT2D eigenvalue weighted by atomic mass is 10.1. The van der Waals surface area contributed by atoms with Crippen LogP contribution in [-0.4, -0.2) is 18.1 Å². The highest BCUT2D eigenvalue weighted by Gasteiger charge is 2.20. The van der Waals surface area contributed by atoms with Gasteiger partial charge in [-0.2, -0.15) is 0 Å². The van der Waals surface area contributed by atoms with Crippen molar-refractivity contribution in [1.29, 1.82) is 0 Å². The van der Waals surface area contributed by atoms with E-state index in [9.17, 15) is 13.6 Å². The molecule has 88 valence electrons. The third-order valence-corrected chi connectivity index (χ3v) is 3.46. The van der Waals surface area contributed by atoms with Gasteiger partial charge in [0.05, 0.1) is 19.2 Å². The lowest BCUT2D eigenvalue weighted by Gasteiger charge is -2.11. The molecule has 0 aliphatic carbocycles. The molecule has 16 heavy (non-hydrogen) atoms. The monoisotopic (exact) mass is 341 g/mol. The number of pyridine rings is 1. The minimum atomic E-state index is -2.62. The number of alkyl halides is 2. The zero-order valence-electron chi connectivity index (χ0n) is 8.76. The van der Waals surface area contributed by atoms with E-state index in [0.29, 0.717) is 9.26 Å². The Morgan fingerprint density at radius 3 is 2.75 bits per heavy atom. The fourth-order valence-corrected chi connectivity index (χ4v) is 1.96. The number of carbonyl (C=O) groups excluding carboxylic acids is 1. The van der Waals surface area contributed by atoms with Gasteiger partial charge in [-0.1, -0.05) is 0 Å². The number of rotatable bonds is 3. The molecule has 0 atom stereocenters.